The fraction of sp³-hybridized carbons (Fsp3) is 0.562. The van der Waals surface area contributed by atoms with Gasteiger partial charge in [-0.2, -0.15) is 5.26 Å². The zero-order valence-electron chi connectivity index (χ0n) is 11.8. The number of aryl methyl sites for hydroxylation is 1. The zero-order chi connectivity index (χ0) is 13.7. The van der Waals surface area contributed by atoms with Crippen molar-refractivity contribution in [1.82, 2.24) is 5.32 Å². The Morgan fingerprint density at radius 2 is 2.21 bits per heavy atom. The predicted octanol–water partition coefficient (Wildman–Crippen LogP) is 3.04. The number of hydrogen-bond donors (Lipinski definition) is 1. The van der Waals surface area contributed by atoms with Gasteiger partial charge < -0.3 is 10.1 Å². The molecule has 0 aliphatic heterocycles. The first-order valence-corrected chi connectivity index (χ1v) is 7.01. The van der Waals surface area contributed by atoms with Crippen LogP contribution in [0.3, 0.4) is 0 Å². The van der Waals surface area contributed by atoms with E-state index in [1.165, 1.54) is 17.5 Å². The van der Waals surface area contributed by atoms with Crippen molar-refractivity contribution >= 4 is 0 Å². The number of nitrogens with zero attached hydrogens (tertiary/aromatic N) is 1. The summed E-state index contributed by atoms with van der Waals surface area (Å²) in [5.74, 6) is 0.957. The molecule has 0 amide bonds. The second-order valence-electron chi connectivity index (χ2n) is 5.35. The Bertz CT molecular complexity index is 472. The average Bonchev–Trinajstić information content (AvgIpc) is 2.41. The number of hydrogen-bond acceptors (Lipinski definition) is 3. The van der Waals surface area contributed by atoms with E-state index in [2.05, 4.69) is 30.4 Å². The number of ether oxygens (including phenoxy) is 1. The minimum Gasteiger partial charge on any atom is -0.496 e. The van der Waals surface area contributed by atoms with Gasteiger partial charge in [0.2, 0.25) is 0 Å². The van der Waals surface area contributed by atoms with Gasteiger partial charge in [0, 0.05) is 13.1 Å². The van der Waals surface area contributed by atoms with Gasteiger partial charge in [0.1, 0.15) is 5.75 Å². The van der Waals surface area contributed by atoms with Crippen molar-refractivity contribution in [3.8, 4) is 11.8 Å². The van der Waals surface area contributed by atoms with Crippen molar-refractivity contribution in [1.29, 1.82) is 5.26 Å². The van der Waals surface area contributed by atoms with Gasteiger partial charge in [0.25, 0.3) is 0 Å². The molecule has 0 atom stereocenters. The van der Waals surface area contributed by atoms with Crippen LogP contribution in [0.1, 0.15) is 37.3 Å². The fourth-order valence-electron chi connectivity index (χ4n) is 2.60. The Labute approximate surface area is 115 Å². The van der Waals surface area contributed by atoms with Gasteiger partial charge in [-0.1, -0.05) is 25.5 Å². The average molecular weight is 258 g/mol. The smallest absolute Gasteiger partial charge is 0.122 e. The fourth-order valence-corrected chi connectivity index (χ4v) is 2.60. The molecule has 3 heteroatoms. The summed E-state index contributed by atoms with van der Waals surface area (Å²) in [5, 5.41) is 12.6. The lowest BCUT2D eigenvalue weighted by Crippen LogP contribution is -2.38. The molecule has 102 valence electrons. The number of nitriles is 1. The lowest BCUT2D eigenvalue weighted by Gasteiger charge is -2.35. The molecular formula is C16H22N2O. The minimum absolute atomic E-state index is 0.0972. The quantitative estimate of drug-likeness (QED) is 0.853. The predicted molar refractivity (Wildman–Crippen MR) is 76.0 cm³/mol. The summed E-state index contributed by atoms with van der Waals surface area (Å²) >= 11 is 0. The molecule has 2 rings (SSSR count). The van der Waals surface area contributed by atoms with Crippen LogP contribution >= 0.6 is 0 Å². The van der Waals surface area contributed by atoms with Crippen LogP contribution in [0.15, 0.2) is 18.2 Å². The summed E-state index contributed by atoms with van der Waals surface area (Å²) in [6.45, 7) is 3.76. The number of benzene rings is 1. The lowest BCUT2D eigenvalue weighted by molar-refractivity contribution is 0.206. The van der Waals surface area contributed by atoms with E-state index < -0.39 is 0 Å². The van der Waals surface area contributed by atoms with Gasteiger partial charge in [-0.15, -0.1) is 0 Å². The monoisotopic (exact) mass is 258 g/mol. The largest absolute Gasteiger partial charge is 0.496 e. The first-order valence-electron chi connectivity index (χ1n) is 7.01. The third-order valence-corrected chi connectivity index (χ3v) is 4.07. The highest BCUT2D eigenvalue weighted by atomic mass is 16.5. The summed E-state index contributed by atoms with van der Waals surface area (Å²) in [5.41, 5.74) is 2.39. The topological polar surface area (TPSA) is 45.0 Å². The van der Waals surface area contributed by atoms with Crippen molar-refractivity contribution in [2.24, 2.45) is 5.41 Å². The van der Waals surface area contributed by atoms with Crippen molar-refractivity contribution in [3.05, 3.63) is 29.3 Å². The van der Waals surface area contributed by atoms with Crippen LogP contribution in [0.4, 0.5) is 0 Å². The van der Waals surface area contributed by atoms with E-state index in [0.717, 1.165) is 38.1 Å². The highest BCUT2D eigenvalue weighted by Gasteiger charge is 2.36. The summed E-state index contributed by atoms with van der Waals surface area (Å²) < 4.78 is 5.33. The van der Waals surface area contributed by atoms with Gasteiger partial charge in [-0.3, -0.25) is 0 Å². The minimum atomic E-state index is -0.0972. The standard InChI is InChI=1S/C16H22N2O/c1-3-14-9-13(5-6-15(14)19-2)10-18-12-16(11-17)7-4-8-16/h5-6,9,18H,3-4,7-8,10,12H2,1-2H3. The van der Waals surface area contributed by atoms with E-state index in [1.807, 2.05) is 6.07 Å². The van der Waals surface area contributed by atoms with E-state index in [4.69, 9.17) is 4.74 Å². The van der Waals surface area contributed by atoms with Crippen LogP contribution in [0.25, 0.3) is 0 Å². The Morgan fingerprint density at radius 3 is 2.74 bits per heavy atom. The Balaban J connectivity index is 1.91. The number of rotatable bonds is 6. The maximum Gasteiger partial charge on any atom is 0.122 e. The van der Waals surface area contributed by atoms with Crippen LogP contribution in [0, 0.1) is 16.7 Å². The molecule has 0 spiro atoms. The van der Waals surface area contributed by atoms with Crippen LogP contribution in [-0.2, 0) is 13.0 Å². The first-order chi connectivity index (χ1) is 9.23. The molecule has 1 aliphatic carbocycles. The molecule has 0 bridgehead atoms. The SMILES string of the molecule is CCc1cc(CNCC2(C#N)CCC2)ccc1OC. The molecule has 0 heterocycles. The summed E-state index contributed by atoms with van der Waals surface area (Å²) in [4.78, 5) is 0. The maximum atomic E-state index is 9.18. The lowest BCUT2D eigenvalue weighted by atomic mass is 9.70. The van der Waals surface area contributed by atoms with E-state index in [9.17, 15) is 5.26 Å². The highest BCUT2D eigenvalue weighted by molar-refractivity contribution is 5.37. The molecule has 1 aliphatic rings. The molecule has 1 fully saturated rings. The van der Waals surface area contributed by atoms with E-state index >= 15 is 0 Å². The Morgan fingerprint density at radius 1 is 1.42 bits per heavy atom. The highest BCUT2D eigenvalue weighted by Crippen LogP contribution is 2.39. The summed E-state index contributed by atoms with van der Waals surface area (Å²) in [7, 11) is 1.71. The van der Waals surface area contributed by atoms with E-state index in [0.29, 0.717) is 0 Å². The Hall–Kier alpha value is -1.53. The van der Waals surface area contributed by atoms with Crippen molar-refractivity contribution in [2.75, 3.05) is 13.7 Å². The van der Waals surface area contributed by atoms with Gasteiger partial charge in [0.15, 0.2) is 0 Å². The normalized spacial score (nSPS) is 16.5. The molecule has 0 radical (unpaired) electrons. The van der Waals surface area contributed by atoms with E-state index in [1.54, 1.807) is 7.11 Å². The molecule has 3 nitrogen and oxygen atoms in total. The van der Waals surface area contributed by atoms with Crippen molar-refractivity contribution in [3.63, 3.8) is 0 Å². The molecule has 1 aromatic carbocycles. The molecule has 0 saturated heterocycles. The van der Waals surface area contributed by atoms with Crippen LogP contribution in [-0.4, -0.2) is 13.7 Å². The number of methoxy groups -OCH3 is 1. The third-order valence-electron chi connectivity index (χ3n) is 4.07. The second kappa shape index (κ2) is 6.08. The zero-order valence-corrected chi connectivity index (χ0v) is 11.8. The molecule has 0 aromatic heterocycles. The van der Waals surface area contributed by atoms with E-state index in [-0.39, 0.29) is 5.41 Å². The van der Waals surface area contributed by atoms with Crippen molar-refractivity contribution in [2.45, 2.75) is 39.2 Å². The molecule has 1 saturated carbocycles. The summed E-state index contributed by atoms with van der Waals surface area (Å²) in [6, 6.07) is 8.76. The summed E-state index contributed by atoms with van der Waals surface area (Å²) in [6.07, 6.45) is 4.25. The second-order valence-corrected chi connectivity index (χ2v) is 5.35. The van der Waals surface area contributed by atoms with Crippen LogP contribution in [0.2, 0.25) is 0 Å². The van der Waals surface area contributed by atoms with Gasteiger partial charge >= 0.3 is 0 Å². The van der Waals surface area contributed by atoms with Crippen molar-refractivity contribution < 1.29 is 4.74 Å². The molecule has 0 unspecified atom stereocenters. The number of nitrogens with one attached hydrogen (secondary N) is 1. The molecule has 1 N–H and O–H groups in total. The maximum absolute atomic E-state index is 9.18. The van der Waals surface area contributed by atoms with Gasteiger partial charge in [-0.25, -0.2) is 0 Å². The molecular weight excluding hydrogens is 236 g/mol. The first kappa shape index (κ1) is 13.9. The van der Waals surface area contributed by atoms with Gasteiger partial charge in [-0.05, 0) is 36.5 Å². The Kier molecular flexibility index (Phi) is 4.44. The van der Waals surface area contributed by atoms with Crippen LogP contribution < -0.4 is 10.1 Å². The molecule has 19 heavy (non-hydrogen) atoms. The third kappa shape index (κ3) is 3.08. The molecule has 1 aromatic rings. The van der Waals surface area contributed by atoms with Gasteiger partial charge in [0.05, 0.1) is 18.6 Å². The van der Waals surface area contributed by atoms with Crippen LogP contribution in [0.5, 0.6) is 5.75 Å².